The summed E-state index contributed by atoms with van der Waals surface area (Å²) < 4.78 is 0. The van der Waals surface area contributed by atoms with Crippen LogP contribution in [0.1, 0.15) is 27.6 Å². The fourth-order valence-electron chi connectivity index (χ4n) is 2.35. The smallest absolute Gasteiger partial charge is 0.338 e. The van der Waals surface area contributed by atoms with Crippen LogP contribution in [0.25, 0.3) is 0 Å². The number of pyridine rings is 1. The lowest BCUT2D eigenvalue weighted by Gasteiger charge is -2.38. The zero-order chi connectivity index (χ0) is 14.0. The molecule has 0 saturated carbocycles. The average Bonchev–Trinajstić information content (AvgIpc) is 2.38. The molecule has 0 radical (unpaired) electrons. The first-order chi connectivity index (χ1) is 9.00. The maximum atomic E-state index is 12.5. The molecule has 2 rings (SSSR count). The third-order valence-corrected chi connectivity index (χ3v) is 3.37. The molecular weight excluding hydrogens is 246 g/mol. The number of likely N-dealkylation sites (N-methyl/N-ethyl adjacent to an activating group) is 1. The van der Waals surface area contributed by atoms with Crippen molar-refractivity contribution in [2.24, 2.45) is 0 Å². The summed E-state index contributed by atoms with van der Waals surface area (Å²) >= 11 is 0. The van der Waals surface area contributed by atoms with Crippen LogP contribution in [0.2, 0.25) is 0 Å². The maximum absolute atomic E-state index is 12.5. The molecule has 19 heavy (non-hydrogen) atoms. The lowest BCUT2D eigenvalue weighted by Crippen LogP contribution is -2.52. The van der Waals surface area contributed by atoms with Gasteiger partial charge in [-0.05, 0) is 20.0 Å². The molecule has 102 valence electrons. The molecule has 1 fully saturated rings. The van der Waals surface area contributed by atoms with Crippen LogP contribution < -0.4 is 0 Å². The van der Waals surface area contributed by atoms with E-state index >= 15 is 0 Å². The molecular formula is C13H17N3O3. The molecule has 0 aromatic carbocycles. The summed E-state index contributed by atoms with van der Waals surface area (Å²) in [7, 11) is 2.01. The standard InChI is InChI=1S/C13H17N3O3/c1-9-8-15(2)5-6-16(9)12(17)10-3-4-14-7-11(10)13(18)19/h3-4,7,9H,5-6,8H2,1-2H3,(H,18,19). The first kappa shape index (κ1) is 13.5. The summed E-state index contributed by atoms with van der Waals surface area (Å²) in [6, 6.07) is 1.54. The number of rotatable bonds is 2. The van der Waals surface area contributed by atoms with E-state index in [9.17, 15) is 9.59 Å². The van der Waals surface area contributed by atoms with Crippen molar-refractivity contribution in [2.45, 2.75) is 13.0 Å². The van der Waals surface area contributed by atoms with Gasteiger partial charge in [0, 0.05) is 38.1 Å². The molecule has 1 N–H and O–H groups in total. The summed E-state index contributed by atoms with van der Waals surface area (Å²) in [4.78, 5) is 31.2. The number of carboxylic acid groups (broad SMARTS) is 1. The van der Waals surface area contributed by atoms with Crippen LogP contribution in [0.4, 0.5) is 0 Å². The fourth-order valence-corrected chi connectivity index (χ4v) is 2.35. The van der Waals surface area contributed by atoms with Gasteiger partial charge < -0.3 is 14.9 Å². The number of amides is 1. The maximum Gasteiger partial charge on any atom is 0.338 e. The fraction of sp³-hybridized carbons (Fsp3) is 0.462. The zero-order valence-electron chi connectivity index (χ0n) is 11.0. The Balaban J connectivity index is 2.27. The van der Waals surface area contributed by atoms with Crippen molar-refractivity contribution in [1.29, 1.82) is 0 Å². The second kappa shape index (κ2) is 5.36. The molecule has 1 saturated heterocycles. The van der Waals surface area contributed by atoms with Gasteiger partial charge in [-0.1, -0.05) is 0 Å². The molecule has 1 unspecified atom stereocenters. The van der Waals surface area contributed by atoms with E-state index in [1.165, 1.54) is 18.5 Å². The average molecular weight is 263 g/mol. The highest BCUT2D eigenvalue weighted by atomic mass is 16.4. The van der Waals surface area contributed by atoms with E-state index < -0.39 is 5.97 Å². The number of nitrogens with zero attached hydrogens (tertiary/aromatic N) is 3. The summed E-state index contributed by atoms with van der Waals surface area (Å²) in [6.07, 6.45) is 2.66. The van der Waals surface area contributed by atoms with Crippen LogP contribution in [0.5, 0.6) is 0 Å². The molecule has 0 spiro atoms. The van der Waals surface area contributed by atoms with Gasteiger partial charge in [0.15, 0.2) is 0 Å². The zero-order valence-corrected chi connectivity index (χ0v) is 11.0. The van der Waals surface area contributed by atoms with Crippen LogP contribution in [0.15, 0.2) is 18.5 Å². The van der Waals surface area contributed by atoms with E-state index in [0.29, 0.717) is 6.54 Å². The third kappa shape index (κ3) is 2.73. The summed E-state index contributed by atoms with van der Waals surface area (Å²) in [5.74, 6) is -1.36. The molecule has 1 aliphatic heterocycles. The van der Waals surface area contributed by atoms with Gasteiger partial charge in [0.2, 0.25) is 0 Å². The van der Waals surface area contributed by atoms with Crippen molar-refractivity contribution in [3.8, 4) is 0 Å². The molecule has 2 heterocycles. The van der Waals surface area contributed by atoms with Gasteiger partial charge >= 0.3 is 5.97 Å². The monoisotopic (exact) mass is 263 g/mol. The van der Waals surface area contributed by atoms with Crippen molar-refractivity contribution in [2.75, 3.05) is 26.7 Å². The summed E-state index contributed by atoms with van der Waals surface area (Å²) in [5.41, 5.74) is 0.164. The molecule has 6 heteroatoms. The predicted octanol–water partition coefficient (Wildman–Crippen LogP) is 0.556. The number of hydrogen-bond acceptors (Lipinski definition) is 4. The Morgan fingerprint density at radius 3 is 2.74 bits per heavy atom. The van der Waals surface area contributed by atoms with E-state index in [4.69, 9.17) is 5.11 Å². The quantitative estimate of drug-likeness (QED) is 0.843. The van der Waals surface area contributed by atoms with Gasteiger partial charge in [-0.25, -0.2) is 4.79 Å². The van der Waals surface area contributed by atoms with Crippen LogP contribution in [0, 0.1) is 0 Å². The van der Waals surface area contributed by atoms with E-state index in [1.807, 2.05) is 14.0 Å². The predicted molar refractivity (Wildman–Crippen MR) is 69.2 cm³/mol. The van der Waals surface area contributed by atoms with Crippen molar-refractivity contribution in [3.63, 3.8) is 0 Å². The van der Waals surface area contributed by atoms with Crippen molar-refractivity contribution < 1.29 is 14.7 Å². The molecule has 1 aromatic rings. The second-order valence-corrected chi connectivity index (χ2v) is 4.84. The minimum Gasteiger partial charge on any atom is -0.478 e. The number of aromatic carboxylic acids is 1. The number of hydrogen-bond donors (Lipinski definition) is 1. The van der Waals surface area contributed by atoms with Gasteiger partial charge in [0.25, 0.3) is 5.91 Å². The van der Waals surface area contributed by atoms with Gasteiger partial charge in [-0.2, -0.15) is 0 Å². The Kier molecular flexibility index (Phi) is 3.80. The lowest BCUT2D eigenvalue weighted by atomic mass is 10.1. The minimum atomic E-state index is -1.13. The third-order valence-electron chi connectivity index (χ3n) is 3.37. The van der Waals surface area contributed by atoms with Gasteiger partial charge in [-0.3, -0.25) is 9.78 Å². The Morgan fingerprint density at radius 1 is 1.37 bits per heavy atom. The number of aromatic nitrogens is 1. The van der Waals surface area contributed by atoms with E-state index in [2.05, 4.69) is 9.88 Å². The van der Waals surface area contributed by atoms with Gasteiger partial charge in [0.05, 0.1) is 11.1 Å². The highest BCUT2D eigenvalue weighted by Gasteiger charge is 2.28. The lowest BCUT2D eigenvalue weighted by molar-refractivity contribution is 0.0523. The van der Waals surface area contributed by atoms with Crippen LogP contribution in [-0.4, -0.2) is 64.5 Å². The van der Waals surface area contributed by atoms with Gasteiger partial charge in [0.1, 0.15) is 0 Å². The molecule has 1 aromatic heterocycles. The normalized spacial score (nSPS) is 20.3. The van der Waals surface area contributed by atoms with Crippen LogP contribution in [0.3, 0.4) is 0 Å². The molecule has 0 bridgehead atoms. The number of carbonyl (C=O) groups excluding carboxylic acids is 1. The van der Waals surface area contributed by atoms with Crippen LogP contribution >= 0.6 is 0 Å². The largest absolute Gasteiger partial charge is 0.478 e. The topological polar surface area (TPSA) is 73.7 Å². The summed E-state index contributed by atoms with van der Waals surface area (Å²) in [5, 5.41) is 9.10. The Morgan fingerprint density at radius 2 is 2.11 bits per heavy atom. The van der Waals surface area contributed by atoms with E-state index in [0.717, 1.165) is 13.1 Å². The number of carbonyl (C=O) groups is 2. The Labute approximate surface area is 111 Å². The molecule has 0 aliphatic carbocycles. The van der Waals surface area contributed by atoms with Crippen molar-refractivity contribution in [3.05, 3.63) is 29.6 Å². The number of piperazine rings is 1. The Bertz CT molecular complexity index is 504. The molecule has 6 nitrogen and oxygen atoms in total. The van der Waals surface area contributed by atoms with Gasteiger partial charge in [-0.15, -0.1) is 0 Å². The second-order valence-electron chi connectivity index (χ2n) is 4.84. The first-order valence-corrected chi connectivity index (χ1v) is 6.17. The highest BCUT2D eigenvalue weighted by molar-refractivity contribution is 6.04. The Hall–Kier alpha value is -1.95. The van der Waals surface area contributed by atoms with Crippen molar-refractivity contribution >= 4 is 11.9 Å². The van der Waals surface area contributed by atoms with Crippen molar-refractivity contribution in [1.82, 2.24) is 14.8 Å². The van der Waals surface area contributed by atoms with E-state index in [1.54, 1.807) is 4.90 Å². The molecule has 1 aliphatic rings. The first-order valence-electron chi connectivity index (χ1n) is 6.17. The molecule has 1 atom stereocenters. The number of carboxylic acids is 1. The highest BCUT2D eigenvalue weighted by Crippen LogP contribution is 2.15. The van der Waals surface area contributed by atoms with Crippen LogP contribution in [-0.2, 0) is 0 Å². The van der Waals surface area contributed by atoms with E-state index in [-0.39, 0.29) is 23.1 Å². The minimum absolute atomic E-state index is 0.0429. The summed E-state index contributed by atoms with van der Waals surface area (Å²) in [6.45, 7) is 4.16. The SMILES string of the molecule is CC1CN(C)CCN1C(=O)c1ccncc1C(=O)O. The molecule has 1 amide bonds.